The van der Waals surface area contributed by atoms with Gasteiger partial charge in [0.05, 0.1) is 0 Å². The molecular formula is C16H20BrN3O. The van der Waals surface area contributed by atoms with E-state index in [1.54, 1.807) is 0 Å². The number of hydrogen-bond donors (Lipinski definition) is 1. The van der Waals surface area contributed by atoms with E-state index in [2.05, 4.69) is 45.1 Å². The molecular weight excluding hydrogens is 330 g/mol. The highest BCUT2D eigenvalue weighted by Crippen LogP contribution is 2.36. The first-order chi connectivity index (χ1) is 10.2. The van der Waals surface area contributed by atoms with Crippen LogP contribution in [0.2, 0.25) is 0 Å². The number of hydrogen-bond acceptors (Lipinski definition) is 4. The van der Waals surface area contributed by atoms with Crippen LogP contribution in [0.3, 0.4) is 0 Å². The van der Waals surface area contributed by atoms with Gasteiger partial charge in [0, 0.05) is 16.0 Å². The topological polar surface area (TPSA) is 64.9 Å². The van der Waals surface area contributed by atoms with E-state index < -0.39 is 0 Å². The number of halogens is 1. The largest absolute Gasteiger partial charge is 0.339 e. The normalized spacial score (nSPS) is 22.4. The molecule has 1 heterocycles. The zero-order valence-electron chi connectivity index (χ0n) is 12.2. The standard InChI is InChI=1S/C16H20BrN3O/c1-10-2-7-13(14(17)8-10)15-19-16(21-20-15)12-5-3-11(9-18)4-6-12/h2,7-8,11-12H,3-6,9,18H2,1H3. The van der Waals surface area contributed by atoms with Gasteiger partial charge in [-0.3, -0.25) is 0 Å². The number of rotatable bonds is 3. The van der Waals surface area contributed by atoms with Crippen molar-refractivity contribution in [2.45, 2.75) is 38.5 Å². The van der Waals surface area contributed by atoms with Crippen LogP contribution >= 0.6 is 15.9 Å². The van der Waals surface area contributed by atoms with Gasteiger partial charge in [0.1, 0.15) is 0 Å². The summed E-state index contributed by atoms with van der Waals surface area (Å²) in [6, 6.07) is 6.15. The quantitative estimate of drug-likeness (QED) is 0.907. The minimum absolute atomic E-state index is 0.387. The zero-order valence-corrected chi connectivity index (χ0v) is 13.8. The average Bonchev–Trinajstić information content (AvgIpc) is 2.97. The third kappa shape index (κ3) is 3.19. The second-order valence-corrected chi connectivity index (χ2v) is 6.75. The minimum Gasteiger partial charge on any atom is -0.339 e. The van der Waals surface area contributed by atoms with Crippen molar-refractivity contribution >= 4 is 15.9 Å². The Morgan fingerprint density at radius 2 is 2.05 bits per heavy atom. The molecule has 0 radical (unpaired) electrons. The number of nitrogens with zero attached hydrogens (tertiary/aromatic N) is 2. The Labute approximate surface area is 133 Å². The van der Waals surface area contributed by atoms with E-state index in [4.69, 9.17) is 10.3 Å². The van der Waals surface area contributed by atoms with Crippen molar-refractivity contribution in [3.63, 3.8) is 0 Å². The number of benzene rings is 1. The van der Waals surface area contributed by atoms with Gasteiger partial charge < -0.3 is 10.3 Å². The van der Waals surface area contributed by atoms with Crippen LogP contribution in [-0.2, 0) is 0 Å². The number of aryl methyl sites for hydroxylation is 1. The Morgan fingerprint density at radius 3 is 2.71 bits per heavy atom. The first-order valence-corrected chi connectivity index (χ1v) is 8.27. The molecule has 0 amide bonds. The van der Waals surface area contributed by atoms with E-state index in [1.165, 1.54) is 5.56 Å². The van der Waals surface area contributed by atoms with Gasteiger partial charge in [-0.05, 0) is 62.8 Å². The zero-order chi connectivity index (χ0) is 14.8. The number of nitrogens with two attached hydrogens (primary N) is 1. The fourth-order valence-corrected chi connectivity index (χ4v) is 3.63. The van der Waals surface area contributed by atoms with Gasteiger partial charge in [-0.1, -0.05) is 27.2 Å². The summed E-state index contributed by atoms with van der Waals surface area (Å²) < 4.78 is 6.50. The maximum absolute atomic E-state index is 5.74. The minimum atomic E-state index is 0.387. The van der Waals surface area contributed by atoms with Gasteiger partial charge in [0.2, 0.25) is 11.7 Å². The van der Waals surface area contributed by atoms with Crippen molar-refractivity contribution in [2.24, 2.45) is 11.7 Å². The highest BCUT2D eigenvalue weighted by atomic mass is 79.9. The molecule has 5 heteroatoms. The molecule has 2 aromatic rings. The maximum Gasteiger partial charge on any atom is 0.230 e. The summed E-state index contributed by atoms with van der Waals surface area (Å²) in [6.45, 7) is 2.85. The van der Waals surface area contributed by atoms with Crippen LogP contribution in [-0.4, -0.2) is 16.7 Å². The van der Waals surface area contributed by atoms with Crippen LogP contribution in [0.25, 0.3) is 11.4 Å². The monoisotopic (exact) mass is 349 g/mol. The summed E-state index contributed by atoms with van der Waals surface area (Å²) in [6.07, 6.45) is 4.51. The molecule has 0 atom stereocenters. The molecule has 0 bridgehead atoms. The lowest BCUT2D eigenvalue weighted by atomic mass is 9.82. The van der Waals surface area contributed by atoms with E-state index in [9.17, 15) is 0 Å². The van der Waals surface area contributed by atoms with Crippen molar-refractivity contribution in [3.05, 3.63) is 34.1 Å². The van der Waals surface area contributed by atoms with Crippen molar-refractivity contribution < 1.29 is 4.52 Å². The summed E-state index contributed by atoms with van der Waals surface area (Å²) in [4.78, 5) is 4.61. The van der Waals surface area contributed by atoms with Crippen molar-refractivity contribution in [3.8, 4) is 11.4 Å². The molecule has 1 aliphatic carbocycles. The molecule has 1 fully saturated rings. The lowest BCUT2D eigenvalue weighted by molar-refractivity contribution is 0.275. The molecule has 1 saturated carbocycles. The summed E-state index contributed by atoms with van der Waals surface area (Å²) in [5.74, 6) is 2.49. The van der Waals surface area contributed by atoms with Crippen LogP contribution in [0, 0.1) is 12.8 Å². The molecule has 112 valence electrons. The Bertz CT molecular complexity index is 618. The van der Waals surface area contributed by atoms with Crippen LogP contribution in [0.15, 0.2) is 27.2 Å². The molecule has 0 unspecified atom stereocenters. The molecule has 0 saturated heterocycles. The van der Waals surface area contributed by atoms with Crippen molar-refractivity contribution in [1.29, 1.82) is 0 Å². The second kappa shape index (κ2) is 6.28. The second-order valence-electron chi connectivity index (χ2n) is 5.89. The smallest absolute Gasteiger partial charge is 0.230 e. The Morgan fingerprint density at radius 1 is 1.29 bits per heavy atom. The lowest BCUT2D eigenvalue weighted by Crippen LogP contribution is -2.20. The average molecular weight is 350 g/mol. The van der Waals surface area contributed by atoms with Gasteiger partial charge in [-0.15, -0.1) is 0 Å². The van der Waals surface area contributed by atoms with Gasteiger partial charge >= 0.3 is 0 Å². The lowest BCUT2D eigenvalue weighted by Gasteiger charge is -2.24. The molecule has 1 aromatic carbocycles. The van der Waals surface area contributed by atoms with Gasteiger partial charge in [-0.2, -0.15) is 4.98 Å². The predicted octanol–water partition coefficient (Wildman–Crippen LogP) is 4.04. The Hall–Kier alpha value is -1.20. The fraction of sp³-hybridized carbons (Fsp3) is 0.500. The van der Waals surface area contributed by atoms with E-state index >= 15 is 0 Å². The SMILES string of the molecule is Cc1ccc(-c2noc(C3CCC(CN)CC3)n2)c(Br)c1. The Kier molecular flexibility index (Phi) is 4.40. The number of aromatic nitrogens is 2. The molecule has 3 rings (SSSR count). The Balaban J connectivity index is 1.77. The van der Waals surface area contributed by atoms with Gasteiger partial charge in [-0.25, -0.2) is 0 Å². The summed E-state index contributed by atoms with van der Waals surface area (Å²) in [5, 5.41) is 4.15. The van der Waals surface area contributed by atoms with Crippen LogP contribution < -0.4 is 5.73 Å². The van der Waals surface area contributed by atoms with Crippen LogP contribution in [0.4, 0.5) is 0 Å². The van der Waals surface area contributed by atoms with Crippen molar-refractivity contribution in [2.75, 3.05) is 6.54 Å². The molecule has 2 N–H and O–H groups in total. The fourth-order valence-electron chi connectivity index (χ4n) is 2.96. The van der Waals surface area contributed by atoms with Crippen LogP contribution in [0.1, 0.15) is 43.1 Å². The predicted molar refractivity (Wildman–Crippen MR) is 85.9 cm³/mol. The van der Waals surface area contributed by atoms with E-state index in [-0.39, 0.29) is 0 Å². The van der Waals surface area contributed by atoms with E-state index in [1.807, 2.05) is 6.07 Å². The van der Waals surface area contributed by atoms with E-state index in [0.717, 1.165) is 48.2 Å². The van der Waals surface area contributed by atoms with E-state index in [0.29, 0.717) is 17.7 Å². The first kappa shape index (κ1) is 14.7. The summed E-state index contributed by atoms with van der Waals surface area (Å²) >= 11 is 3.57. The van der Waals surface area contributed by atoms with Gasteiger partial charge in [0.25, 0.3) is 0 Å². The van der Waals surface area contributed by atoms with Crippen LogP contribution in [0.5, 0.6) is 0 Å². The van der Waals surface area contributed by atoms with Gasteiger partial charge in [0.15, 0.2) is 0 Å². The van der Waals surface area contributed by atoms with Crippen molar-refractivity contribution in [1.82, 2.24) is 10.1 Å². The molecule has 1 aromatic heterocycles. The third-order valence-electron chi connectivity index (χ3n) is 4.34. The highest BCUT2D eigenvalue weighted by molar-refractivity contribution is 9.10. The summed E-state index contributed by atoms with van der Waals surface area (Å²) in [5.41, 5.74) is 7.92. The third-order valence-corrected chi connectivity index (χ3v) is 4.99. The first-order valence-electron chi connectivity index (χ1n) is 7.47. The molecule has 4 nitrogen and oxygen atoms in total. The maximum atomic E-state index is 5.74. The molecule has 1 aliphatic rings. The summed E-state index contributed by atoms with van der Waals surface area (Å²) in [7, 11) is 0. The highest BCUT2D eigenvalue weighted by Gasteiger charge is 2.26. The molecule has 0 aliphatic heterocycles. The molecule has 21 heavy (non-hydrogen) atoms. The molecule has 0 spiro atoms.